The summed E-state index contributed by atoms with van der Waals surface area (Å²) in [5.74, 6) is 0. The van der Waals surface area contributed by atoms with Gasteiger partial charge in [0.25, 0.3) is 0 Å². The highest BCUT2D eigenvalue weighted by Crippen LogP contribution is 2.16. The van der Waals surface area contributed by atoms with Crippen LogP contribution in [0.25, 0.3) is 0 Å². The third-order valence-electron chi connectivity index (χ3n) is 2.02. The fourth-order valence-electron chi connectivity index (χ4n) is 1.23. The molecular weight excluding hydrogens is 132 g/mol. The molecule has 1 fully saturated rings. The fraction of sp³-hybridized carbons (Fsp3) is 1.00. The second-order valence-electron chi connectivity index (χ2n) is 2.93. The minimum absolute atomic E-state index is 0.265. The van der Waals surface area contributed by atoms with Crippen LogP contribution in [-0.2, 0) is 0 Å². The molecule has 4 nitrogen and oxygen atoms in total. The zero-order chi connectivity index (χ0) is 7.72. The van der Waals surface area contributed by atoms with E-state index < -0.39 is 12.2 Å². The normalized spacial score (nSPS) is 49.2. The van der Waals surface area contributed by atoms with Crippen molar-refractivity contribution in [2.24, 2.45) is 11.5 Å². The predicted molar refractivity (Wildman–Crippen MR) is 37.2 cm³/mol. The first-order valence-corrected chi connectivity index (χ1v) is 3.48. The molecule has 1 aliphatic carbocycles. The first kappa shape index (κ1) is 7.94. The van der Waals surface area contributed by atoms with Crippen molar-refractivity contribution in [3.05, 3.63) is 0 Å². The van der Waals surface area contributed by atoms with Gasteiger partial charge in [-0.3, -0.25) is 0 Å². The summed E-state index contributed by atoms with van der Waals surface area (Å²) in [7, 11) is 0. The van der Waals surface area contributed by atoms with Gasteiger partial charge in [-0.2, -0.15) is 0 Å². The Bertz CT molecular complexity index is 94.3. The van der Waals surface area contributed by atoms with Crippen molar-refractivity contribution in [2.45, 2.75) is 37.1 Å². The summed E-state index contributed by atoms with van der Waals surface area (Å²) in [6, 6.07) is -0.531. The summed E-state index contributed by atoms with van der Waals surface area (Å²) in [5, 5.41) is 18.3. The summed E-state index contributed by atoms with van der Waals surface area (Å²) in [6.45, 7) is 0. The van der Waals surface area contributed by atoms with Gasteiger partial charge in [0.1, 0.15) is 0 Å². The Morgan fingerprint density at radius 1 is 0.900 bits per heavy atom. The fourth-order valence-corrected chi connectivity index (χ4v) is 1.23. The number of aliphatic hydroxyl groups excluding tert-OH is 2. The van der Waals surface area contributed by atoms with Crippen LogP contribution in [0, 0.1) is 0 Å². The second kappa shape index (κ2) is 2.84. The van der Waals surface area contributed by atoms with Crippen LogP contribution in [0.1, 0.15) is 12.8 Å². The van der Waals surface area contributed by atoms with Crippen LogP contribution in [0.5, 0.6) is 0 Å². The quantitative estimate of drug-likeness (QED) is 0.323. The van der Waals surface area contributed by atoms with Gasteiger partial charge in [0.05, 0.1) is 12.2 Å². The summed E-state index contributed by atoms with van der Waals surface area (Å²) >= 11 is 0. The lowest BCUT2D eigenvalue weighted by Gasteiger charge is -2.32. The third kappa shape index (κ3) is 1.46. The van der Waals surface area contributed by atoms with E-state index in [-0.39, 0.29) is 12.1 Å². The molecule has 0 spiro atoms. The van der Waals surface area contributed by atoms with E-state index in [1.165, 1.54) is 0 Å². The van der Waals surface area contributed by atoms with Gasteiger partial charge in [-0.15, -0.1) is 0 Å². The molecule has 0 saturated heterocycles. The standard InChI is InChI=1S/C6H14N2O2/c7-3-1-4(8)6(10)2-5(3)9/h3-6,9-10H,1-2,7-8H2/t3-,4+,5-,6-/m1/s1. The maximum Gasteiger partial charge on any atom is 0.0716 e. The molecule has 0 unspecified atom stereocenters. The average molecular weight is 146 g/mol. The molecular formula is C6H14N2O2. The lowest BCUT2D eigenvalue weighted by molar-refractivity contribution is 0.0145. The number of nitrogens with two attached hydrogens (primary N) is 2. The second-order valence-corrected chi connectivity index (χ2v) is 2.93. The Balaban J connectivity index is 2.46. The Hall–Kier alpha value is -0.160. The van der Waals surface area contributed by atoms with E-state index in [1.807, 2.05) is 0 Å². The van der Waals surface area contributed by atoms with Crippen molar-refractivity contribution >= 4 is 0 Å². The van der Waals surface area contributed by atoms with Gasteiger partial charge in [0.2, 0.25) is 0 Å². The zero-order valence-electron chi connectivity index (χ0n) is 5.77. The molecule has 0 aromatic carbocycles. The SMILES string of the molecule is N[C@@H]1C[C@H](N)[C@H](O)C[C@H]1O. The first-order valence-electron chi connectivity index (χ1n) is 3.48. The van der Waals surface area contributed by atoms with E-state index >= 15 is 0 Å². The van der Waals surface area contributed by atoms with Gasteiger partial charge in [-0.1, -0.05) is 0 Å². The maximum atomic E-state index is 9.13. The van der Waals surface area contributed by atoms with Crippen LogP contribution in [-0.4, -0.2) is 34.5 Å². The molecule has 4 atom stereocenters. The summed E-state index contributed by atoms with van der Waals surface area (Å²) < 4.78 is 0. The zero-order valence-corrected chi connectivity index (χ0v) is 5.77. The number of aliphatic hydroxyl groups is 2. The Morgan fingerprint density at radius 2 is 1.30 bits per heavy atom. The van der Waals surface area contributed by atoms with Crippen molar-refractivity contribution in [3.63, 3.8) is 0 Å². The van der Waals surface area contributed by atoms with E-state index in [0.29, 0.717) is 12.8 Å². The van der Waals surface area contributed by atoms with Crippen molar-refractivity contribution in [2.75, 3.05) is 0 Å². The molecule has 0 aromatic rings. The van der Waals surface area contributed by atoms with Crippen molar-refractivity contribution < 1.29 is 10.2 Å². The highest BCUT2D eigenvalue weighted by molar-refractivity contribution is 4.89. The van der Waals surface area contributed by atoms with Crippen molar-refractivity contribution in [1.82, 2.24) is 0 Å². The van der Waals surface area contributed by atoms with Crippen LogP contribution in [0.2, 0.25) is 0 Å². The molecule has 1 rings (SSSR count). The molecule has 0 heterocycles. The van der Waals surface area contributed by atoms with Crippen LogP contribution < -0.4 is 11.5 Å². The molecule has 0 bridgehead atoms. The third-order valence-corrected chi connectivity index (χ3v) is 2.02. The van der Waals surface area contributed by atoms with Gasteiger partial charge >= 0.3 is 0 Å². The maximum absolute atomic E-state index is 9.13. The molecule has 60 valence electrons. The van der Waals surface area contributed by atoms with E-state index in [2.05, 4.69) is 0 Å². The monoisotopic (exact) mass is 146 g/mol. The molecule has 6 N–H and O–H groups in total. The minimum Gasteiger partial charge on any atom is -0.391 e. The minimum atomic E-state index is -0.588. The van der Waals surface area contributed by atoms with Crippen LogP contribution in [0.3, 0.4) is 0 Å². The number of hydrogen-bond donors (Lipinski definition) is 4. The van der Waals surface area contributed by atoms with Gasteiger partial charge in [-0.05, 0) is 6.42 Å². The van der Waals surface area contributed by atoms with E-state index in [1.54, 1.807) is 0 Å². The van der Waals surface area contributed by atoms with Gasteiger partial charge in [0, 0.05) is 18.5 Å². The van der Waals surface area contributed by atoms with Crippen LogP contribution in [0.4, 0.5) is 0 Å². The molecule has 0 amide bonds. The van der Waals surface area contributed by atoms with Crippen LogP contribution >= 0.6 is 0 Å². The Labute approximate surface area is 59.8 Å². The van der Waals surface area contributed by atoms with E-state index in [0.717, 1.165) is 0 Å². The lowest BCUT2D eigenvalue weighted by Crippen LogP contribution is -2.52. The summed E-state index contributed by atoms with van der Waals surface area (Å²) in [5.41, 5.74) is 11.0. The molecule has 1 saturated carbocycles. The van der Waals surface area contributed by atoms with Crippen molar-refractivity contribution in [1.29, 1.82) is 0 Å². The van der Waals surface area contributed by atoms with Crippen LogP contribution in [0.15, 0.2) is 0 Å². The molecule has 0 aromatic heterocycles. The first-order chi connectivity index (χ1) is 4.61. The van der Waals surface area contributed by atoms with E-state index in [4.69, 9.17) is 21.7 Å². The van der Waals surface area contributed by atoms with Gasteiger partial charge < -0.3 is 21.7 Å². The molecule has 0 aliphatic heterocycles. The predicted octanol–water partition coefficient (Wildman–Crippen LogP) is -1.84. The summed E-state index contributed by atoms with van der Waals surface area (Å²) in [4.78, 5) is 0. The van der Waals surface area contributed by atoms with Gasteiger partial charge in [0.15, 0.2) is 0 Å². The molecule has 10 heavy (non-hydrogen) atoms. The topological polar surface area (TPSA) is 92.5 Å². The summed E-state index contributed by atoms with van der Waals surface area (Å²) in [6.07, 6.45) is -0.366. The van der Waals surface area contributed by atoms with E-state index in [9.17, 15) is 0 Å². The molecule has 4 heteroatoms. The average Bonchev–Trinajstić information content (AvgIpc) is 1.84. The largest absolute Gasteiger partial charge is 0.391 e. The van der Waals surface area contributed by atoms with Gasteiger partial charge in [-0.25, -0.2) is 0 Å². The highest BCUT2D eigenvalue weighted by atomic mass is 16.3. The molecule has 0 radical (unpaired) electrons. The molecule has 1 aliphatic rings. The Morgan fingerprint density at radius 3 is 1.60 bits per heavy atom. The highest BCUT2D eigenvalue weighted by Gasteiger charge is 2.30. The number of rotatable bonds is 0. The van der Waals surface area contributed by atoms with Crippen molar-refractivity contribution in [3.8, 4) is 0 Å². The lowest BCUT2D eigenvalue weighted by atomic mass is 9.87. The number of hydrogen-bond acceptors (Lipinski definition) is 4. The Kier molecular flexibility index (Phi) is 2.25. The smallest absolute Gasteiger partial charge is 0.0716 e.